The zero-order valence-electron chi connectivity index (χ0n) is 13.2. The van der Waals surface area contributed by atoms with Gasteiger partial charge in [-0.25, -0.2) is 9.59 Å². The van der Waals surface area contributed by atoms with Gasteiger partial charge in [-0.15, -0.1) is 0 Å². The first-order valence-corrected chi connectivity index (χ1v) is 6.95. The number of anilines is 1. The number of hydrogen-bond acceptors (Lipinski definition) is 4. The number of carbonyl (C=O) groups excluding carboxylic acids is 1. The van der Waals surface area contributed by atoms with Crippen LogP contribution in [0.4, 0.5) is 10.5 Å². The Kier molecular flexibility index (Phi) is 6.49. The van der Waals surface area contributed by atoms with E-state index in [0.29, 0.717) is 23.6 Å². The van der Waals surface area contributed by atoms with Gasteiger partial charge in [0.25, 0.3) is 0 Å². The highest BCUT2D eigenvalue weighted by Crippen LogP contribution is 2.28. The lowest BCUT2D eigenvalue weighted by molar-refractivity contribution is -0.140. The molecular weight excluding hydrogens is 288 g/mol. The molecule has 1 aromatic carbocycles. The van der Waals surface area contributed by atoms with Crippen LogP contribution in [0.1, 0.15) is 20.3 Å². The second-order valence-corrected chi connectivity index (χ2v) is 4.87. The average Bonchev–Trinajstić information content (AvgIpc) is 2.51. The van der Waals surface area contributed by atoms with Crippen LogP contribution in [0, 0.1) is 5.92 Å². The molecule has 122 valence electrons. The minimum atomic E-state index is -1.06. The number of hydrogen-bond donors (Lipinski definition) is 3. The number of carboxylic acids is 1. The molecule has 3 N–H and O–H groups in total. The van der Waals surface area contributed by atoms with Gasteiger partial charge in [-0.2, -0.15) is 0 Å². The standard InChI is InChI=1S/C15H22N2O5/c1-5-9(2)13(14(18)19)17-15(20)16-11-7-6-10(21-3)8-12(11)22-4/h6-9,13H,5H2,1-4H3,(H,18,19)(H2,16,17,20)/t9?,13-/m0/s1. The Morgan fingerprint density at radius 2 is 1.95 bits per heavy atom. The first kappa shape index (κ1) is 17.6. The van der Waals surface area contributed by atoms with Gasteiger partial charge in [0.15, 0.2) is 0 Å². The van der Waals surface area contributed by atoms with Gasteiger partial charge in [-0.05, 0) is 18.1 Å². The highest BCUT2D eigenvalue weighted by atomic mass is 16.5. The molecule has 0 heterocycles. The van der Waals surface area contributed by atoms with E-state index in [1.807, 2.05) is 6.92 Å². The van der Waals surface area contributed by atoms with E-state index in [4.69, 9.17) is 9.47 Å². The largest absolute Gasteiger partial charge is 0.497 e. The number of carboxylic acid groups (broad SMARTS) is 1. The minimum absolute atomic E-state index is 0.180. The van der Waals surface area contributed by atoms with Crippen molar-refractivity contribution in [1.82, 2.24) is 5.32 Å². The summed E-state index contributed by atoms with van der Waals surface area (Å²) in [5.41, 5.74) is 0.425. The molecule has 1 unspecified atom stereocenters. The first-order chi connectivity index (χ1) is 10.4. The molecule has 2 amide bonds. The Balaban J connectivity index is 2.81. The Bertz CT molecular complexity index is 533. The zero-order valence-corrected chi connectivity index (χ0v) is 13.2. The maximum Gasteiger partial charge on any atom is 0.326 e. The van der Waals surface area contributed by atoms with E-state index < -0.39 is 18.0 Å². The molecule has 1 rings (SSSR count). The van der Waals surface area contributed by atoms with Gasteiger partial charge < -0.3 is 25.2 Å². The summed E-state index contributed by atoms with van der Waals surface area (Å²) in [7, 11) is 3.00. The Labute approximate surface area is 129 Å². The molecule has 0 fully saturated rings. The van der Waals surface area contributed by atoms with Crippen molar-refractivity contribution in [2.75, 3.05) is 19.5 Å². The van der Waals surface area contributed by atoms with E-state index in [1.54, 1.807) is 25.1 Å². The summed E-state index contributed by atoms with van der Waals surface area (Å²) in [5, 5.41) is 14.2. The lowest BCUT2D eigenvalue weighted by Gasteiger charge is -2.20. The summed E-state index contributed by atoms with van der Waals surface area (Å²) >= 11 is 0. The molecule has 0 aromatic heterocycles. The van der Waals surface area contributed by atoms with Crippen LogP contribution in [0.2, 0.25) is 0 Å². The third-order valence-corrected chi connectivity index (χ3v) is 3.42. The molecule has 0 bridgehead atoms. The summed E-state index contributed by atoms with van der Waals surface area (Å²) in [6, 6.07) is 3.36. The van der Waals surface area contributed by atoms with Gasteiger partial charge in [-0.3, -0.25) is 0 Å². The van der Waals surface area contributed by atoms with Gasteiger partial charge in [-0.1, -0.05) is 20.3 Å². The van der Waals surface area contributed by atoms with Crippen LogP contribution in [0.15, 0.2) is 18.2 Å². The van der Waals surface area contributed by atoms with Gasteiger partial charge in [0.05, 0.1) is 19.9 Å². The number of amides is 2. The molecule has 0 aliphatic rings. The van der Waals surface area contributed by atoms with Crippen molar-refractivity contribution in [2.45, 2.75) is 26.3 Å². The summed E-state index contributed by atoms with van der Waals surface area (Å²) in [6.07, 6.45) is 0.642. The highest BCUT2D eigenvalue weighted by Gasteiger charge is 2.25. The number of methoxy groups -OCH3 is 2. The quantitative estimate of drug-likeness (QED) is 0.718. The molecule has 0 aliphatic heterocycles. The Morgan fingerprint density at radius 1 is 1.27 bits per heavy atom. The number of aliphatic carboxylic acids is 1. The summed E-state index contributed by atoms with van der Waals surface area (Å²) in [5.74, 6) is -0.233. The molecule has 7 nitrogen and oxygen atoms in total. The lowest BCUT2D eigenvalue weighted by atomic mass is 9.99. The van der Waals surface area contributed by atoms with E-state index in [9.17, 15) is 14.7 Å². The molecular formula is C15H22N2O5. The monoisotopic (exact) mass is 310 g/mol. The van der Waals surface area contributed by atoms with Crippen LogP contribution in [0.25, 0.3) is 0 Å². The fraction of sp³-hybridized carbons (Fsp3) is 0.467. The molecule has 0 spiro atoms. The number of rotatable bonds is 7. The zero-order chi connectivity index (χ0) is 16.7. The van der Waals surface area contributed by atoms with Crippen molar-refractivity contribution in [2.24, 2.45) is 5.92 Å². The van der Waals surface area contributed by atoms with Crippen molar-refractivity contribution < 1.29 is 24.2 Å². The van der Waals surface area contributed by atoms with Gasteiger partial charge >= 0.3 is 12.0 Å². The Hall–Kier alpha value is -2.44. The summed E-state index contributed by atoms with van der Waals surface area (Å²) in [6.45, 7) is 3.64. The lowest BCUT2D eigenvalue weighted by Crippen LogP contribution is -2.46. The third-order valence-electron chi connectivity index (χ3n) is 3.42. The number of carbonyl (C=O) groups is 2. The Morgan fingerprint density at radius 3 is 2.45 bits per heavy atom. The van der Waals surface area contributed by atoms with Gasteiger partial charge in [0.2, 0.25) is 0 Å². The molecule has 0 radical (unpaired) electrons. The third kappa shape index (κ3) is 4.54. The molecule has 0 aliphatic carbocycles. The summed E-state index contributed by atoms with van der Waals surface area (Å²) in [4.78, 5) is 23.2. The highest BCUT2D eigenvalue weighted by molar-refractivity contribution is 5.93. The number of nitrogens with one attached hydrogen (secondary N) is 2. The fourth-order valence-electron chi connectivity index (χ4n) is 1.88. The normalized spacial score (nSPS) is 12.9. The van der Waals surface area contributed by atoms with Crippen molar-refractivity contribution >= 4 is 17.7 Å². The molecule has 0 saturated carbocycles. The molecule has 22 heavy (non-hydrogen) atoms. The first-order valence-electron chi connectivity index (χ1n) is 6.95. The molecule has 2 atom stereocenters. The SMILES string of the molecule is CCC(C)[C@H](NC(=O)Nc1ccc(OC)cc1OC)C(=O)O. The maximum atomic E-state index is 12.0. The molecule has 1 aromatic rings. The van der Waals surface area contributed by atoms with E-state index in [2.05, 4.69) is 10.6 Å². The number of ether oxygens (including phenoxy) is 2. The van der Waals surface area contributed by atoms with Crippen molar-refractivity contribution in [3.05, 3.63) is 18.2 Å². The van der Waals surface area contributed by atoms with E-state index in [-0.39, 0.29) is 5.92 Å². The summed E-state index contributed by atoms with van der Waals surface area (Å²) < 4.78 is 10.2. The van der Waals surface area contributed by atoms with Crippen molar-refractivity contribution in [3.8, 4) is 11.5 Å². The predicted octanol–water partition coefficient (Wildman–Crippen LogP) is 2.32. The number of benzene rings is 1. The van der Waals surface area contributed by atoms with Crippen LogP contribution in [0.5, 0.6) is 11.5 Å². The van der Waals surface area contributed by atoms with Crippen LogP contribution in [-0.4, -0.2) is 37.4 Å². The van der Waals surface area contributed by atoms with Crippen LogP contribution >= 0.6 is 0 Å². The number of urea groups is 1. The minimum Gasteiger partial charge on any atom is -0.497 e. The second kappa shape index (κ2) is 8.11. The smallest absolute Gasteiger partial charge is 0.326 e. The van der Waals surface area contributed by atoms with Gasteiger partial charge in [0, 0.05) is 6.07 Å². The van der Waals surface area contributed by atoms with Crippen LogP contribution in [-0.2, 0) is 4.79 Å². The van der Waals surface area contributed by atoms with E-state index in [1.165, 1.54) is 14.2 Å². The van der Waals surface area contributed by atoms with Crippen molar-refractivity contribution in [3.63, 3.8) is 0 Å². The second-order valence-electron chi connectivity index (χ2n) is 4.87. The average molecular weight is 310 g/mol. The predicted molar refractivity (Wildman–Crippen MR) is 82.6 cm³/mol. The van der Waals surface area contributed by atoms with E-state index >= 15 is 0 Å². The topological polar surface area (TPSA) is 96.9 Å². The van der Waals surface area contributed by atoms with Crippen LogP contribution in [0.3, 0.4) is 0 Å². The van der Waals surface area contributed by atoms with Crippen molar-refractivity contribution in [1.29, 1.82) is 0 Å². The molecule has 0 saturated heterocycles. The molecule has 7 heteroatoms. The van der Waals surface area contributed by atoms with Crippen LogP contribution < -0.4 is 20.1 Å². The van der Waals surface area contributed by atoms with Gasteiger partial charge in [0.1, 0.15) is 17.5 Å². The maximum absolute atomic E-state index is 12.0. The fourth-order valence-corrected chi connectivity index (χ4v) is 1.88. The van der Waals surface area contributed by atoms with E-state index in [0.717, 1.165) is 0 Å².